The Morgan fingerprint density at radius 1 is 0.875 bits per heavy atom. The number of hydrogen-bond acceptors (Lipinski definition) is 0. The van der Waals surface area contributed by atoms with Crippen LogP contribution in [0.3, 0.4) is 0 Å². The van der Waals surface area contributed by atoms with Crippen molar-refractivity contribution >= 4 is 15.9 Å². The van der Waals surface area contributed by atoms with Crippen LogP contribution < -0.4 is 0 Å². The summed E-state index contributed by atoms with van der Waals surface area (Å²) in [7, 11) is 0. The molecule has 0 N–H and O–H groups in total. The van der Waals surface area contributed by atoms with E-state index in [-0.39, 0.29) is 0 Å². The van der Waals surface area contributed by atoms with Crippen LogP contribution in [0.5, 0.6) is 0 Å². The first kappa shape index (κ1) is 11.0. The number of rotatable bonds is 0. The van der Waals surface area contributed by atoms with Gasteiger partial charge in [0.15, 0.2) is 0 Å². The Morgan fingerprint density at radius 3 is 2.25 bits per heavy atom. The Hall–Kier alpha value is -1.52. The lowest BCUT2D eigenvalue weighted by atomic mass is 10.1. The second-order valence-corrected chi connectivity index (χ2v) is 4.45. The van der Waals surface area contributed by atoms with Crippen LogP contribution in [0, 0.1) is 18.8 Å². The Morgan fingerprint density at radius 2 is 1.56 bits per heavy atom. The van der Waals surface area contributed by atoms with Crippen molar-refractivity contribution in [1.82, 2.24) is 0 Å². The highest BCUT2D eigenvalue weighted by Gasteiger charge is 1.92. The van der Waals surface area contributed by atoms with Gasteiger partial charge in [0.1, 0.15) is 0 Å². The molecule has 0 radical (unpaired) electrons. The molecule has 0 aromatic heterocycles. The molecule has 0 nitrogen and oxygen atoms in total. The Bertz CT molecular complexity index is 542. The molecule has 0 unspecified atom stereocenters. The van der Waals surface area contributed by atoms with Crippen LogP contribution in [-0.2, 0) is 0 Å². The molecule has 0 amide bonds. The Labute approximate surface area is 104 Å². The van der Waals surface area contributed by atoms with E-state index in [9.17, 15) is 0 Å². The van der Waals surface area contributed by atoms with Crippen molar-refractivity contribution in [3.05, 3.63) is 69.7 Å². The zero-order chi connectivity index (χ0) is 11.4. The first-order valence-corrected chi connectivity index (χ1v) is 5.88. The van der Waals surface area contributed by atoms with E-state index in [2.05, 4.69) is 46.8 Å². The van der Waals surface area contributed by atoms with Crippen molar-refractivity contribution < 1.29 is 0 Å². The summed E-state index contributed by atoms with van der Waals surface area (Å²) in [5.41, 5.74) is 3.32. The van der Waals surface area contributed by atoms with E-state index in [0.717, 1.165) is 15.6 Å². The van der Waals surface area contributed by atoms with E-state index >= 15 is 0 Å². The predicted molar refractivity (Wildman–Crippen MR) is 71.3 cm³/mol. The molecule has 0 spiro atoms. The third-order valence-electron chi connectivity index (χ3n) is 2.27. The second-order valence-electron chi connectivity index (χ2n) is 3.60. The zero-order valence-corrected chi connectivity index (χ0v) is 10.6. The van der Waals surface area contributed by atoms with Crippen LogP contribution in [0.1, 0.15) is 16.7 Å². The summed E-state index contributed by atoms with van der Waals surface area (Å²) in [5.74, 6) is 6.30. The molecule has 78 valence electrons. The van der Waals surface area contributed by atoms with Gasteiger partial charge in [0.25, 0.3) is 0 Å². The average molecular weight is 271 g/mol. The van der Waals surface area contributed by atoms with Gasteiger partial charge in [0.2, 0.25) is 0 Å². The summed E-state index contributed by atoms with van der Waals surface area (Å²) in [4.78, 5) is 0. The minimum atomic E-state index is 1.02. The lowest BCUT2D eigenvalue weighted by Gasteiger charge is -1.94. The molecule has 0 heterocycles. The summed E-state index contributed by atoms with van der Waals surface area (Å²) in [5, 5.41) is 0. The quantitative estimate of drug-likeness (QED) is 0.631. The lowest BCUT2D eigenvalue weighted by Crippen LogP contribution is -1.78. The molecule has 2 aromatic rings. The summed E-state index contributed by atoms with van der Waals surface area (Å²) in [6, 6.07) is 16.2. The van der Waals surface area contributed by atoms with E-state index in [1.807, 2.05) is 36.4 Å². The number of hydrogen-bond donors (Lipinski definition) is 0. The van der Waals surface area contributed by atoms with Gasteiger partial charge in [0.05, 0.1) is 0 Å². The lowest BCUT2D eigenvalue weighted by molar-refractivity contribution is 1.46. The van der Waals surface area contributed by atoms with Crippen molar-refractivity contribution in [3.8, 4) is 11.8 Å². The molecule has 2 rings (SSSR count). The topological polar surface area (TPSA) is 0 Å². The van der Waals surface area contributed by atoms with Crippen LogP contribution >= 0.6 is 15.9 Å². The van der Waals surface area contributed by atoms with Gasteiger partial charge in [-0.05, 0) is 47.1 Å². The summed E-state index contributed by atoms with van der Waals surface area (Å²) in [6.45, 7) is 2.07. The van der Waals surface area contributed by atoms with Gasteiger partial charge in [-0.25, -0.2) is 0 Å². The number of benzene rings is 2. The monoisotopic (exact) mass is 270 g/mol. The third kappa shape index (κ3) is 2.74. The molecule has 0 atom stereocenters. The van der Waals surface area contributed by atoms with Crippen molar-refractivity contribution in [2.45, 2.75) is 6.92 Å². The minimum Gasteiger partial charge on any atom is -0.0616 e. The van der Waals surface area contributed by atoms with Crippen molar-refractivity contribution in [1.29, 1.82) is 0 Å². The van der Waals surface area contributed by atoms with E-state index < -0.39 is 0 Å². The van der Waals surface area contributed by atoms with Gasteiger partial charge in [-0.3, -0.25) is 0 Å². The van der Waals surface area contributed by atoms with Crippen LogP contribution in [0.2, 0.25) is 0 Å². The SMILES string of the molecule is Cc1ccc(C#Cc2ccccc2Br)cc1. The number of aryl methyl sites for hydroxylation is 1. The van der Waals surface area contributed by atoms with Gasteiger partial charge in [0, 0.05) is 15.6 Å². The highest BCUT2D eigenvalue weighted by atomic mass is 79.9. The van der Waals surface area contributed by atoms with Gasteiger partial charge in [-0.2, -0.15) is 0 Å². The molecule has 0 aliphatic carbocycles. The number of halogens is 1. The van der Waals surface area contributed by atoms with Crippen LogP contribution in [0.15, 0.2) is 53.0 Å². The summed E-state index contributed by atoms with van der Waals surface area (Å²) >= 11 is 3.48. The van der Waals surface area contributed by atoms with E-state index in [4.69, 9.17) is 0 Å². The van der Waals surface area contributed by atoms with Gasteiger partial charge < -0.3 is 0 Å². The fourth-order valence-electron chi connectivity index (χ4n) is 1.34. The summed E-state index contributed by atoms with van der Waals surface area (Å²) in [6.07, 6.45) is 0. The average Bonchev–Trinajstić information content (AvgIpc) is 2.30. The first-order valence-electron chi connectivity index (χ1n) is 5.09. The van der Waals surface area contributed by atoms with Gasteiger partial charge in [-0.1, -0.05) is 41.7 Å². The highest BCUT2D eigenvalue weighted by molar-refractivity contribution is 9.10. The maximum atomic E-state index is 3.48. The van der Waals surface area contributed by atoms with Crippen molar-refractivity contribution in [2.75, 3.05) is 0 Å². The minimum absolute atomic E-state index is 1.02. The molecular weight excluding hydrogens is 260 g/mol. The first-order chi connectivity index (χ1) is 7.75. The highest BCUT2D eigenvalue weighted by Crippen LogP contribution is 2.14. The molecule has 0 bridgehead atoms. The van der Waals surface area contributed by atoms with E-state index in [1.54, 1.807) is 0 Å². The Balaban J connectivity index is 2.29. The molecule has 2 aromatic carbocycles. The predicted octanol–water partition coefficient (Wildman–Crippen LogP) is 4.16. The fraction of sp³-hybridized carbons (Fsp3) is 0.0667. The smallest absolute Gasteiger partial charge is 0.0391 e. The molecule has 1 heteroatoms. The van der Waals surface area contributed by atoms with Gasteiger partial charge >= 0.3 is 0 Å². The third-order valence-corrected chi connectivity index (χ3v) is 2.96. The van der Waals surface area contributed by atoms with Crippen LogP contribution in [0.4, 0.5) is 0 Å². The fourth-order valence-corrected chi connectivity index (χ4v) is 1.72. The van der Waals surface area contributed by atoms with Crippen LogP contribution in [0.25, 0.3) is 0 Å². The maximum Gasteiger partial charge on any atom is 0.0391 e. The maximum absolute atomic E-state index is 3.48. The van der Waals surface area contributed by atoms with Gasteiger partial charge in [-0.15, -0.1) is 0 Å². The van der Waals surface area contributed by atoms with E-state index in [1.165, 1.54) is 5.56 Å². The molecular formula is C15H11Br. The molecule has 0 fully saturated rings. The second kappa shape index (κ2) is 5.01. The molecule has 0 saturated heterocycles. The molecule has 16 heavy (non-hydrogen) atoms. The van der Waals surface area contributed by atoms with Crippen LogP contribution in [-0.4, -0.2) is 0 Å². The normalized spacial score (nSPS) is 9.38. The molecule has 0 aliphatic heterocycles. The molecule has 0 saturated carbocycles. The largest absolute Gasteiger partial charge is 0.0616 e. The van der Waals surface area contributed by atoms with Crippen molar-refractivity contribution in [2.24, 2.45) is 0 Å². The van der Waals surface area contributed by atoms with Crippen molar-refractivity contribution in [3.63, 3.8) is 0 Å². The Kier molecular flexibility index (Phi) is 3.44. The standard InChI is InChI=1S/C15H11Br/c1-12-6-8-13(9-7-12)10-11-14-4-2-3-5-15(14)16/h2-9H,1H3. The summed E-state index contributed by atoms with van der Waals surface area (Å²) < 4.78 is 1.04. The molecule has 0 aliphatic rings. The van der Waals surface area contributed by atoms with E-state index in [0.29, 0.717) is 0 Å². The zero-order valence-electron chi connectivity index (χ0n) is 9.00.